The second-order valence-electron chi connectivity index (χ2n) is 5.65. The largest absolute Gasteiger partial charge is 0.453 e. The second kappa shape index (κ2) is 6.69. The van der Waals surface area contributed by atoms with Gasteiger partial charge in [-0.15, -0.1) is 11.8 Å². The third-order valence-corrected chi connectivity index (χ3v) is 5.34. The van der Waals surface area contributed by atoms with Crippen LogP contribution in [0, 0.1) is 5.41 Å². The van der Waals surface area contributed by atoms with Gasteiger partial charge in [-0.3, -0.25) is 0 Å². The van der Waals surface area contributed by atoms with Crippen LogP contribution in [-0.2, 0) is 9.53 Å². The van der Waals surface area contributed by atoms with Crippen molar-refractivity contribution in [3.63, 3.8) is 0 Å². The molecular formula is C18H24O2S. The molecule has 0 unspecified atom stereocenters. The molecule has 2 rings (SSSR count). The Balaban J connectivity index is 2.37. The zero-order chi connectivity index (χ0) is 15.5. The molecule has 3 heteroatoms. The van der Waals surface area contributed by atoms with E-state index in [1.165, 1.54) is 4.90 Å². The molecule has 1 saturated heterocycles. The van der Waals surface area contributed by atoms with E-state index in [-0.39, 0.29) is 17.5 Å². The molecule has 2 atom stereocenters. The van der Waals surface area contributed by atoms with Gasteiger partial charge in [0, 0.05) is 15.9 Å². The summed E-state index contributed by atoms with van der Waals surface area (Å²) >= 11 is 1.72. The minimum Gasteiger partial charge on any atom is -0.453 e. The minimum absolute atomic E-state index is 0.190. The first kappa shape index (κ1) is 16.2. The Kier molecular flexibility index (Phi) is 5.15. The van der Waals surface area contributed by atoms with Crippen LogP contribution < -0.4 is 0 Å². The van der Waals surface area contributed by atoms with Gasteiger partial charge in [-0.2, -0.15) is 0 Å². The van der Waals surface area contributed by atoms with E-state index in [4.69, 9.17) is 4.74 Å². The predicted molar refractivity (Wildman–Crippen MR) is 88.4 cm³/mol. The summed E-state index contributed by atoms with van der Waals surface area (Å²) in [4.78, 5) is 13.3. The summed E-state index contributed by atoms with van der Waals surface area (Å²) in [6.07, 6.45) is 5.91. The highest BCUT2D eigenvalue weighted by Crippen LogP contribution is 2.54. The van der Waals surface area contributed by atoms with Gasteiger partial charge >= 0.3 is 5.97 Å². The fraction of sp³-hybridized carbons (Fsp3) is 0.500. The first-order chi connectivity index (χ1) is 10.1. The molecule has 1 aliphatic rings. The van der Waals surface area contributed by atoms with Gasteiger partial charge in [0.2, 0.25) is 0 Å². The highest BCUT2D eigenvalue weighted by molar-refractivity contribution is 7.98. The average molecular weight is 304 g/mol. The number of carbonyl (C=O) groups is 1. The van der Waals surface area contributed by atoms with Crippen molar-refractivity contribution in [1.82, 2.24) is 0 Å². The summed E-state index contributed by atoms with van der Waals surface area (Å²) in [5.41, 5.74) is 1.49. The van der Waals surface area contributed by atoms with Crippen LogP contribution in [0.4, 0.5) is 0 Å². The topological polar surface area (TPSA) is 26.3 Å². The lowest BCUT2D eigenvalue weighted by Crippen LogP contribution is -2.25. The molecule has 21 heavy (non-hydrogen) atoms. The number of ether oxygens (including phenoxy) is 1. The normalized spacial score (nSPS) is 25.2. The summed E-state index contributed by atoms with van der Waals surface area (Å²) in [6, 6.07) is 8.35. The maximum atomic E-state index is 12.1. The smallest absolute Gasteiger partial charge is 0.334 e. The van der Waals surface area contributed by atoms with Crippen molar-refractivity contribution < 1.29 is 9.53 Å². The summed E-state index contributed by atoms with van der Waals surface area (Å²) in [5, 5.41) is 0. The number of esters is 1. The molecule has 1 aromatic carbocycles. The van der Waals surface area contributed by atoms with Crippen molar-refractivity contribution in [3.05, 3.63) is 42.0 Å². The van der Waals surface area contributed by atoms with Crippen LogP contribution in [0.2, 0.25) is 0 Å². The summed E-state index contributed by atoms with van der Waals surface area (Å²) in [5.74, 6) is -0.230. The molecule has 0 aromatic heterocycles. The van der Waals surface area contributed by atoms with Crippen LogP contribution in [0.25, 0.3) is 0 Å². The number of benzene rings is 1. The molecule has 2 nitrogen and oxygen atoms in total. The molecule has 0 N–H and O–H groups in total. The lowest BCUT2D eigenvalue weighted by molar-refractivity contribution is -0.140. The molecule has 0 saturated carbocycles. The van der Waals surface area contributed by atoms with Crippen LogP contribution in [0.3, 0.4) is 0 Å². The number of hydrogen-bond donors (Lipinski definition) is 0. The SMILES string of the molecule is C=C1C(=O)O[C@H](c2ccc(SC)cc2)[C@@]1(CC)CCCC. The molecule has 0 bridgehead atoms. The standard InChI is InChI=1S/C18H24O2S/c1-5-7-12-18(6-2)13(3)17(19)20-16(18)14-8-10-15(21-4)11-9-14/h8-11,16H,3,5-7,12H2,1-2,4H3/t16-,18+/m1/s1. The van der Waals surface area contributed by atoms with Gasteiger partial charge in [-0.1, -0.05) is 45.4 Å². The van der Waals surface area contributed by atoms with Crippen molar-refractivity contribution >= 4 is 17.7 Å². The summed E-state index contributed by atoms with van der Waals surface area (Å²) in [7, 11) is 0. The van der Waals surface area contributed by atoms with Gasteiger partial charge < -0.3 is 4.74 Å². The van der Waals surface area contributed by atoms with Gasteiger partial charge in [0.15, 0.2) is 0 Å². The highest BCUT2D eigenvalue weighted by atomic mass is 32.2. The molecule has 114 valence electrons. The van der Waals surface area contributed by atoms with Crippen LogP contribution in [0.5, 0.6) is 0 Å². The molecule has 0 spiro atoms. The third-order valence-electron chi connectivity index (χ3n) is 4.60. The van der Waals surface area contributed by atoms with E-state index in [9.17, 15) is 4.79 Å². The third kappa shape index (κ3) is 2.89. The number of thioether (sulfide) groups is 1. The van der Waals surface area contributed by atoms with Gasteiger partial charge in [0.25, 0.3) is 0 Å². The van der Waals surface area contributed by atoms with Gasteiger partial charge in [-0.25, -0.2) is 4.79 Å². The summed E-state index contributed by atoms with van der Waals surface area (Å²) < 4.78 is 5.69. The zero-order valence-corrected chi connectivity index (χ0v) is 14.0. The second-order valence-corrected chi connectivity index (χ2v) is 6.53. The Morgan fingerprint density at radius 1 is 1.29 bits per heavy atom. The molecule has 1 heterocycles. The van der Waals surface area contributed by atoms with Gasteiger partial charge in [0.1, 0.15) is 6.10 Å². The summed E-state index contributed by atoms with van der Waals surface area (Å²) in [6.45, 7) is 8.35. The number of unbranched alkanes of at least 4 members (excludes halogenated alkanes) is 1. The maximum absolute atomic E-state index is 12.1. The van der Waals surface area contributed by atoms with Crippen LogP contribution in [-0.4, -0.2) is 12.2 Å². The van der Waals surface area contributed by atoms with E-state index in [0.29, 0.717) is 5.57 Å². The molecule has 0 aliphatic carbocycles. The Morgan fingerprint density at radius 3 is 2.48 bits per heavy atom. The van der Waals surface area contributed by atoms with E-state index >= 15 is 0 Å². The predicted octanol–water partition coefficient (Wildman–Crippen LogP) is 5.15. The Bertz CT molecular complexity index is 521. The van der Waals surface area contributed by atoms with Crippen LogP contribution >= 0.6 is 11.8 Å². The molecule has 0 radical (unpaired) electrons. The molecule has 1 aromatic rings. The van der Waals surface area contributed by atoms with E-state index in [1.807, 2.05) is 0 Å². The lowest BCUT2D eigenvalue weighted by Gasteiger charge is -2.32. The van der Waals surface area contributed by atoms with Gasteiger partial charge in [-0.05, 0) is 36.8 Å². The average Bonchev–Trinajstić information content (AvgIpc) is 2.78. The van der Waals surface area contributed by atoms with Crippen molar-refractivity contribution in [2.45, 2.75) is 50.5 Å². The van der Waals surface area contributed by atoms with Crippen LogP contribution in [0.1, 0.15) is 51.2 Å². The Hall–Kier alpha value is -1.22. The van der Waals surface area contributed by atoms with E-state index in [0.717, 1.165) is 31.2 Å². The van der Waals surface area contributed by atoms with E-state index < -0.39 is 0 Å². The van der Waals surface area contributed by atoms with E-state index in [2.05, 4.69) is 50.9 Å². The number of cyclic esters (lactones) is 1. The number of carbonyl (C=O) groups excluding carboxylic acids is 1. The quantitative estimate of drug-likeness (QED) is 0.413. The first-order valence-corrected chi connectivity index (χ1v) is 8.85. The molecule has 0 amide bonds. The van der Waals surface area contributed by atoms with Crippen molar-refractivity contribution in [2.75, 3.05) is 6.26 Å². The first-order valence-electron chi connectivity index (χ1n) is 7.63. The molecule has 1 fully saturated rings. The molecule has 1 aliphatic heterocycles. The number of rotatable bonds is 6. The Morgan fingerprint density at radius 2 is 1.95 bits per heavy atom. The lowest BCUT2D eigenvalue weighted by atomic mass is 9.70. The van der Waals surface area contributed by atoms with Gasteiger partial charge in [0.05, 0.1) is 0 Å². The zero-order valence-electron chi connectivity index (χ0n) is 13.1. The monoisotopic (exact) mass is 304 g/mol. The Labute approximate surface area is 132 Å². The highest BCUT2D eigenvalue weighted by Gasteiger charge is 2.51. The minimum atomic E-state index is -0.242. The van der Waals surface area contributed by atoms with E-state index in [1.54, 1.807) is 11.8 Å². The molecular weight excluding hydrogens is 280 g/mol. The van der Waals surface area contributed by atoms with Crippen LogP contribution in [0.15, 0.2) is 41.3 Å². The maximum Gasteiger partial charge on any atom is 0.334 e. The number of hydrogen-bond acceptors (Lipinski definition) is 3. The fourth-order valence-corrected chi connectivity index (χ4v) is 3.58. The fourth-order valence-electron chi connectivity index (χ4n) is 3.17. The van der Waals surface area contributed by atoms with Crippen molar-refractivity contribution in [3.8, 4) is 0 Å². The van der Waals surface area contributed by atoms with Crippen molar-refractivity contribution in [1.29, 1.82) is 0 Å². The van der Waals surface area contributed by atoms with Crippen molar-refractivity contribution in [2.24, 2.45) is 5.41 Å².